The van der Waals surface area contributed by atoms with Gasteiger partial charge in [-0.1, -0.05) is 6.07 Å². The highest BCUT2D eigenvalue weighted by molar-refractivity contribution is 9.11. The molecular weight excluding hydrogens is 473 g/mol. The maximum absolute atomic E-state index is 13.5. The van der Waals surface area contributed by atoms with Gasteiger partial charge in [0.2, 0.25) is 0 Å². The zero-order valence-corrected chi connectivity index (χ0v) is 15.5. The molecule has 1 amide bonds. The summed E-state index contributed by atoms with van der Waals surface area (Å²) in [4.78, 5) is 12.2. The summed E-state index contributed by atoms with van der Waals surface area (Å²) in [6, 6.07) is 7.71. The highest BCUT2D eigenvalue weighted by Crippen LogP contribution is 2.35. The topological polar surface area (TPSA) is 38.3 Å². The number of nitrogens with one attached hydrogen (secondary N) is 1. The van der Waals surface area contributed by atoms with Crippen molar-refractivity contribution in [2.75, 3.05) is 12.4 Å². The first-order valence-corrected chi connectivity index (χ1v) is 8.10. The third-order valence-corrected chi connectivity index (χ3v) is 4.77. The summed E-state index contributed by atoms with van der Waals surface area (Å²) in [5.74, 6) is -0.339. The van der Waals surface area contributed by atoms with E-state index in [1.54, 1.807) is 12.1 Å². The van der Waals surface area contributed by atoms with Crippen LogP contribution in [0.15, 0.2) is 43.7 Å². The summed E-state index contributed by atoms with van der Waals surface area (Å²) in [6.45, 7) is 0. The molecule has 3 nitrogen and oxygen atoms in total. The van der Waals surface area contributed by atoms with Crippen molar-refractivity contribution in [2.24, 2.45) is 0 Å². The summed E-state index contributed by atoms with van der Waals surface area (Å²) in [5.41, 5.74) is 0.736. The molecule has 0 atom stereocenters. The zero-order chi connectivity index (χ0) is 15.6. The predicted molar refractivity (Wildman–Crippen MR) is 90.4 cm³/mol. The van der Waals surface area contributed by atoms with Gasteiger partial charge in [0.25, 0.3) is 5.91 Å². The number of carbonyl (C=O) groups excluding carboxylic acids is 1. The van der Waals surface area contributed by atoms with Crippen LogP contribution in [0, 0.1) is 5.82 Å². The number of benzene rings is 2. The molecule has 0 aromatic heterocycles. The van der Waals surface area contributed by atoms with Gasteiger partial charge in [-0.15, -0.1) is 0 Å². The van der Waals surface area contributed by atoms with Gasteiger partial charge >= 0.3 is 0 Å². The smallest absolute Gasteiger partial charge is 0.256 e. The molecule has 0 bridgehead atoms. The van der Waals surface area contributed by atoms with Gasteiger partial charge in [-0.05, 0) is 66.0 Å². The number of halogens is 4. The van der Waals surface area contributed by atoms with Crippen molar-refractivity contribution in [3.8, 4) is 5.75 Å². The van der Waals surface area contributed by atoms with Crippen molar-refractivity contribution < 1.29 is 13.9 Å². The minimum absolute atomic E-state index is 0.127. The lowest BCUT2D eigenvalue weighted by Gasteiger charge is -2.12. The van der Waals surface area contributed by atoms with Gasteiger partial charge in [0, 0.05) is 10.5 Å². The first-order valence-electron chi connectivity index (χ1n) is 5.72. The van der Waals surface area contributed by atoms with Crippen LogP contribution in [0.4, 0.5) is 10.1 Å². The van der Waals surface area contributed by atoms with E-state index in [0.717, 1.165) is 4.47 Å². The van der Waals surface area contributed by atoms with Gasteiger partial charge in [0.1, 0.15) is 11.6 Å². The van der Waals surface area contributed by atoms with Gasteiger partial charge < -0.3 is 10.1 Å². The van der Waals surface area contributed by atoms with Crippen LogP contribution in [-0.2, 0) is 0 Å². The van der Waals surface area contributed by atoms with Crippen molar-refractivity contribution in [3.63, 3.8) is 0 Å². The summed E-state index contributed by atoms with van der Waals surface area (Å²) in [6.07, 6.45) is 0. The molecule has 0 aliphatic carbocycles. The van der Waals surface area contributed by atoms with E-state index >= 15 is 0 Å². The molecule has 0 heterocycles. The Morgan fingerprint density at radius 2 is 1.90 bits per heavy atom. The minimum Gasteiger partial charge on any atom is -0.495 e. The molecular formula is C14H9Br3FNO2. The molecule has 2 aromatic carbocycles. The van der Waals surface area contributed by atoms with Gasteiger partial charge in [-0.25, -0.2) is 4.39 Å². The largest absolute Gasteiger partial charge is 0.495 e. The lowest BCUT2D eigenvalue weighted by molar-refractivity contribution is 0.102. The quantitative estimate of drug-likeness (QED) is 0.639. The minimum atomic E-state index is -0.491. The summed E-state index contributed by atoms with van der Waals surface area (Å²) in [7, 11) is 1.53. The van der Waals surface area contributed by atoms with E-state index in [9.17, 15) is 9.18 Å². The average molecular weight is 482 g/mol. The summed E-state index contributed by atoms with van der Waals surface area (Å²) >= 11 is 9.78. The second-order valence-corrected chi connectivity index (χ2v) is 6.52. The normalized spacial score (nSPS) is 10.3. The molecule has 7 heteroatoms. The van der Waals surface area contributed by atoms with Crippen molar-refractivity contribution in [1.82, 2.24) is 0 Å². The number of hydrogen-bond acceptors (Lipinski definition) is 2. The van der Waals surface area contributed by atoms with Crippen LogP contribution < -0.4 is 10.1 Å². The number of amides is 1. The second-order valence-electron chi connectivity index (χ2n) is 4.02. The average Bonchev–Trinajstić information content (AvgIpc) is 2.44. The Hall–Kier alpha value is -0.920. The molecule has 0 fully saturated rings. The Labute approximate surface area is 146 Å². The molecule has 1 N–H and O–H groups in total. The van der Waals surface area contributed by atoms with Crippen LogP contribution in [0.5, 0.6) is 5.75 Å². The molecule has 0 aliphatic rings. The number of anilines is 1. The second kappa shape index (κ2) is 6.89. The molecule has 2 rings (SSSR count). The van der Waals surface area contributed by atoms with Crippen LogP contribution in [-0.4, -0.2) is 13.0 Å². The Kier molecular flexibility index (Phi) is 5.40. The fourth-order valence-electron chi connectivity index (χ4n) is 1.65. The lowest BCUT2D eigenvalue weighted by atomic mass is 10.2. The van der Waals surface area contributed by atoms with E-state index in [1.165, 1.54) is 25.3 Å². The maximum Gasteiger partial charge on any atom is 0.256 e. The van der Waals surface area contributed by atoms with Gasteiger partial charge in [0.05, 0.1) is 27.3 Å². The van der Waals surface area contributed by atoms with E-state index in [2.05, 4.69) is 53.1 Å². The van der Waals surface area contributed by atoms with E-state index in [-0.39, 0.29) is 10.0 Å². The SMILES string of the molecule is COc1cc(NC(=O)c2cccc(F)c2Br)c(Br)cc1Br. The van der Waals surface area contributed by atoms with Crippen LogP contribution in [0.1, 0.15) is 10.4 Å². The fourth-order valence-corrected chi connectivity index (χ4v) is 3.35. The number of rotatable bonds is 3. The van der Waals surface area contributed by atoms with Crippen LogP contribution in [0.2, 0.25) is 0 Å². The van der Waals surface area contributed by atoms with Gasteiger partial charge in [-0.2, -0.15) is 0 Å². The Morgan fingerprint density at radius 1 is 1.19 bits per heavy atom. The highest BCUT2D eigenvalue weighted by atomic mass is 79.9. The number of ether oxygens (including phenoxy) is 1. The molecule has 0 spiro atoms. The third-order valence-electron chi connectivity index (χ3n) is 2.69. The molecule has 0 aliphatic heterocycles. The van der Waals surface area contributed by atoms with Crippen molar-refractivity contribution >= 4 is 59.4 Å². The van der Waals surface area contributed by atoms with Crippen LogP contribution >= 0.6 is 47.8 Å². The van der Waals surface area contributed by atoms with Crippen LogP contribution in [0.3, 0.4) is 0 Å². The Bertz CT molecular complexity index is 707. The van der Waals surface area contributed by atoms with Gasteiger partial charge in [-0.3, -0.25) is 4.79 Å². The standard InChI is InChI=1S/C14H9Br3FNO2/c1-21-12-6-11(8(15)5-9(12)16)19-14(20)7-3-2-4-10(18)13(7)17/h2-6H,1H3,(H,19,20). The molecule has 2 aromatic rings. The van der Waals surface area contributed by atoms with E-state index in [0.29, 0.717) is 15.9 Å². The zero-order valence-electron chi connectivity index (χ0n) is 10.7. The van der Waals surface area contributed by atoms with E-state index in [4.69, 9.17) is 4.74 Å². The molecule has 0 radical (unpaired) electrons. The summed E-state index contributed by atoms with van der Waals surface area (Å²) in [5, 5.41) is 2.71. The van der Waals surface area contributed by atoms with E-state index < -0.39 is 11.7 Å². The van der Waals surface area contributed by atoms with Crippen molar-refractivity contribution in [1.29, 1.82) is 0 Å². The lowest BCUT2D eigenvalue weighted by Crippen LogP contribution is -2.13. The van der Waals surface area contributed by atoms with E-state index in [1.807, 2.05) is 0 Å². The number of methoxy groups -OCH3 is 1. The molecule has 0 unspecified atom stereocenters. The molecule has 0 saturated carbocycles. The predicted octanol–water partition coefficient (Wildman–Crippen LogP) is 5.37. The fraction of sp³-hybridized carbons (Fsp3) is 0.0714. The Balaban J connectivity index is 2.34. The first kappa shape index (κ1) is 16.5. The van der Waals surface area contributed by atoms with Crippen molar-refractivity contribution in [3.05, 3.63) is 55.1 Å². The molecule has 0 saturated heterocycles. The maximum atomic E-state index is 13.5. The first-order chi connectivity index (χ1) is 9.93. The number of carbonyl (C=O) groups is 1. The monoisotopic (exact) mass is 479 g/mol. The summed E-state index contributed by atoms with van der Waals surface area (Å²) < 4.78 is 20.2. The highest BCUT2D eigenvalue weighted by Gasteiger charge is 2.15. The number of hydrogen-bond donors (Lipinski definition) is 1. The molecule has 21 heavy (non-hydrogen) atoms. The van der Waals surface area contributed by atoms with Gasteiger partial charge in [0.15, 0.2) is 0 Å². The van der Waals surface area contributed by atoms with Crippen molar-refractivity contribution in [2.45, 2.75) is 0 Å². The Morgan fingerprint density at radius 3 is 2.57 bits per heavy atom. The molecule has 110 valence electrons. The van der Waals surface area contributed by atoms with Crippen LogP contribution in [0.25, 0.3) is 0 Å². The third kappa shape index (κ3) is 3.64.